The number of hydrogen-bond acceptors (Lipinski definition) is 10. The smallest absolute Gasteiger partial charge is 0.405 e. The Balaban J connectivity index is 1.40. The lowest BCUT2D eigenvalue weighted by atomic mass is 9.98. The Hall–Kier alpha value is -3.89. The van der Waals surface area contributed by atoms with E-state index in [1.54, 1.807) is 23.6 Å². The number of carbonyl (C=O) groups is 1. The fraction of sp³-hybridized carbons (Fsp3) is 0.545. The van der Waals surface area contributed by atoms with Crippen LogP contribution in [0.4, 0.5) is 24.9 Å². The molecule has 14 heteroatoms. The van der Waals surface area contributed by atoms with Crippen LogP contribution in [0.3, 0.4) is 0 Å². The van der Waals surface area contributed by atoms with Crippen LogP contribution >= 0.6 is 0 Å². The molecule has 2 aliphatic rings. The van der Waals surface area contributed by atoms with Gasteiger partial charge in [-0.3, -0.25) is 4.79 Å². The number of hydrogen-bond donors (Lipinski definition) is 2. The van der Waals surface area contributed by atoms with Crippen LogP contribution < -0.4 is 25.4 Å². The van der Waals surface area contributed by atoms with E-state index in [0.717, 1.165) is 12.8 Å². The predicted molar refractivity (Wildman–Crippen MR) is 120 cm³/mol. The van der Waals surface area contributed by atoms with Crippen molar-refractivity contribution in [1.82, 2.24) is 25.3 Å². The Kier molecular flexibility index (Phi) is 7.56. The molecule has 3 heterocycles. The summed E-state index contributed by atoms with van der Waals surface area (Å²) in [5.41, 5.74) is 5.81. The Labute approximate surface area is 204 Å². The summed E-state index contributed by atoms with van der Waals surface area (Å²) in [6.07, 6.45) is -0.855. The number of anilines is 2. The minimum absolute atomic E-state index is 0.0299. The van der Waals surface area contributed by atoms with Gasteiger partial charge in [0.2, 0.25) is 11.8 Å². The van der Waals surface area contributed by atoms with Crippen LogP contribution in [0.15, 0.2) is 18.3 Å². The highest BCUT2D eigenvalue weighted by molar-refractivity contribution is 5.90. The number of nitrogens with one attached hydrogen (secondary N) is 1. The first-order valence-electron chi connectivity index (χ1n) is 11.4. The van der Waals surface area contributed by atoms with Crippen molar-refractivity contribution < 1.29 is 27.4 Å². The van der Waals surface area contributed by atoms with Gasteiger partial charge in [-0.05, 0) is 37.3 Å². The van der Waals surface area contributed by atoms with Crippen molar-refractivity contribution in [2.24, 2.45) is 17.8 Å². The molecule has 1 saturated carbocycles. The average molecular weight is 506 g/mol. The number of ether oxygens (including phenoxy) is 2. The number of nitrogens with two attached hydrogens (primary N) is 1. The van der Waals surface area contributed by atoms with Gasteiger partial charge in [0.1, 0.15) is 6.54 Å². The molecule has 3 N–H and O–H groups in total. The fourth-order valence-electron chi connectivity index (χ4n) is 3.72. The highest BCUT2D eigenvalue weighted by Gasteiger charge is 2.38. The number of piperidine rings is 1. The Bertz CT molecular complexity index is 1120. The van der Waals surface area contributed by atoms with Crippen LogP contribution in [-0.2, 0) is 0 Å². The summed E-state index contributed by atoms with van der Waals surface area (Å²) in [6.45, 7) is 0.164. The summed E-state index contributed by atoms with van der Waals surface area (Å²) < 4.78 is 49.0. The normalized spacial score (nSPS) is 19.9. The molecular formula is C22H25F3N8O3. The molecule has 0 bridgehead atoms. The molecule has 0 aromatic carbocycles. The first-order valence-corrected chi connectivity index (χ1v) is 11.4. The van der Waals surface area contributed by atoms with Crippen LogP contribution in [0, 0.1) is 29.1 Å². The number of alkyl halides is 3. The molecule has 11 nitrogen and oxygen atoms in total. The van der Waals surface area contributed by atoms with Gasteiger partial charge in [0, 0.05) is 25.2 Å². The average Bonchev–Trinajstić information content (AvgIpc) is 3.64. The fourth-order valence-corrected chi connectivity index (χ4v) is 3.72. The molecule has 36 heavy (non-hydrogen) atoms. The maximum absolute atomic E-state index is 12.6. The molecule has 0 spiro atoms. The zero-order valence-electron chi connectivity index (χ0n) is 19.2. The minimum Gasteiger partial charge on any atom is -0.489 e. The number of halogens is 3. The first kappa shape index (κ1) is 25.2. The molecular weight excluding hydrogens is 481 g/mol. The van der Waals surface area contributed by atoms with E-state index in [9.17, 15) is 18.0 Å². The topological polar surface area (TPSA) is 152 Å². The van der Waals surface area contributed by atoms with Crippen LogP contribution in [0.2, 0.25) is 0 Å². The van der Waals surface area contributed by atoms with Gasteiger partial charge in [-0.2, -0.15) is 33.4 Å². The van der Waals surface area contributed by atoms with Gasteiger partial charge in [0.05, 0.1) is 25.2 Å². The van der Waals surface area contributed by atoms with E-state index < -0.39 is 24.5 Å². The van der Waals surface area contributed by atoms with E-state index in [0.29, 0.717) is 37.7 Å². The monoisotopic (exact) mass is 506 g/mol. The van der Waals surface area contributed by atoms with Crippen molar-refractivity contribution in [1.29, 1.82) is 5.26 Å². The summed E-state index contributed by atoms with van der Waals surface area (Å²) in [4.78, 5) is 30.4. The Morgan fingerprint density at radius 1 is 1.22 bits per heavy atom. The third kappa shape index (κ3) is 6.83. The van der Waals surface area contributed by atoms with E-state index in [2.05, 4.69) is 26.0 Å². The van der Waals surface area contributed by atoms with Crippen molar-refractivity contribution in [3.05, 3.63) is 24.2 Å². The van der Waals surface area contributed by atoms with Crippen LogP contribution in [0.25, 0.3) is 0 Å². The lowest BCUT2D eigenvalue weighted by Crippen LogP contribution is -2.38. The van der Waals surface area contributed by atoms with E-state index in [1.165, 1.54) is 0 Å². The molecule has 4 rings (SSSR count). The maximum Gasteiger partial charge on any atom is 0.405 e. The number of amides is 1. The van der Waals surface area contributed by atoms with E-state index in [4.69, 9.17) is 20.5 Å². The van der Waals surface area contributed by atoms with Gasteiger partial charge < -0.3 is 25.4 Å². The van der Waals surface area contributed by atoms with Gasteiger partial charge in [-0.25, -0.2) is 4.98 Å². The maximum atomic E-state index is 12.6. The minimum atomic E-state index is -4.58. The number of pyridine rings is 1. The number of nitrogen functional groups attached to an aromatic ring is 1. The van der Waals surface area contributed by atoms with Gasteiger partial charge in [0.25, 0.3) is 5.91 Å². The van der Waals surface area contributed by atoms with Crippen molar-refractivity contribution in [3.63, 3.8) is 0 Å². The lowest BCUT2D eigenvalue weighted by molar-refractivity contribution is -0.123. The third-order valence-corrected chi connectivity index (χ3v) is 5.94. The van der Waals surface area contributed by atoms with Gasteiger partial charge >= 0.3 is 12.2 Å². The Morgan fingerprint density at radius 2 is 2.00 bits per heavy atom. The van der Waals surface area contributed by atoms with Gasteiger partial charge in [0.15, 0.2) is 11.6 Å². The molecule has 2 fully saturated rings. The zero-order chi connectivity index (χ0) is 25.7. The van der Waals surface area contributed by atoms with Crippen LogP contribution in [0.5, 0.6) is 11.8 Å². The number of nitriles is 1. The van der Waals surface area contributed by atoms with E-state index in [-0.39, 0.29) is 36.3 Å². The van der Waals surface area contributed by atoms with Gasteiger partial charge in [-0.1, -0.05) is 0 Å². The molecule has 1 amide bonds. The molecule has 2 unspecified atom stereocenters. The van der Waals surface area contributed by atoms with Gasteiger partial charge in [-0.15, -0.1) is 0 Å². The molecule has 2 aromatic heterocycles. The molecule has 2 atom stereocenters. The first-order chi connectivity index (χ1) is 17.2. The Morgan fingerprint density at radius 3 is 2.67 bits per heavy atom. The highest BCUT2D eigenvalue weighted by atomic mass is 19.4. The van der Waals surface area contributed by atoms with E-state index >= 15 is 0 Å². The third-order valence-electron chi connectivity index (χ3n) is 5.94. The number of nitrogens with zero attached hydrogens (tertiary/aromatic N) is 6. The van der Waals surface area contributed by atoms with Crippen molar-refractivity contribution in [3.8, 4) is 17.8 Å². The van der Waals surface area contributed by atoms with Crippen molar-refractivity contribution in [2.75, 3.05) is 43.5 Å². The standard InChI is InChI=1S/C22H25F3N8O3/c23-22(24,25)12-29-19(34)18-30-20(32-21(31-18)36-11-15-8-14(15)9-26)33-6-3-13(4-7-33)10-35-16-2-1-5-28-17(16)27/h1-2,5,13-15H,3-4,6-8,10-12H2,(H2,27,28)(H,29,34). The molecule has 2 aromatic rings. The second-order valence-electron chi connectivity index (χ2n) is 8.71. The second-order valence-corrected chi connectivity index (χ2v) is 8.71. The predicted octanol–water partition coefficient (Wildman–Crippen LogP) is 1.97. The number of rotatable bonds is 9. The summed E-state index contributed by atoms with van der Waals surface area (Å²) in [7, 11) is 0. The molecule has 0 radical (unpaired) electrons. The summed E-state index contributed by atoms with van der Waals surface area (Å²) in [5, 5.41) is 10.7. The molecule has 1 aliphatic heterocycles. The summed E-state index contributed by atoms with van der Waals surface area (Å²) in [5.74, 6) is -0.430. The molecule has 192 valence electrons. The van der Waals surface area contributed by atoms with Crippen LogP contribution in [-0.4, -0.2) is 64.9 Å². The number of aromatic nitrogens is 4. The summed E-state index contributed by atoms with van der Waals surface area (Å²) >= 11 is 0. The summed E-state index contributed by atoms with van der Waals surface area (Å²) in [6, 6.07) is 5.46. The van der Waals surface area contributed by atoms with Crippen molar-refractivity contribution in [2.45, 2.75) is 25.4 Å². The molecule has 1 aliphatic carbocycles. The number of carbonyl (C=O) groups excluding carboxylic acids is 1. The molecule has 1 saturated heterocycles. The largest absolute Gasteiger partial charge is 0.489 e. The van der Waals surface area contributed by atoms with E-state index in [1.807, 2.05) is 4.90 Å². The lowest BCUT2D eigenvalue weighted by Gasteiger charge is -2.32. The van der Waals surface area contributed by atoms with Crippen molar-refractivity contribution >= 4 is 17.7 Å². The highest BCUT2D eigenvalue weighted by Crippen LogP contribution is 2.37. The zero-order valence-corrected chi connectivity index (χ0v) is 19.2. The SMILES string of the molecule is N#CC1CC1COc1nc(C(=O)NCC(F)(F)F)nc(N2CCC(COc3cccnc3N)CC2)n1. The quantitative estimate of drug-likeness (QED) is 0.516. The van der Waals surface area contributed by atoms with Crippen LogP contribution in [0.1, 0.15) is 29.9 Å². The second kappa shape index (κ2) is 10.8.